The van der Waals surface area contributed by atoms with Crippen LogP contribution >= 0.6 is 0 Å². The highest BCUT2D eigenvalue weighted by molar-refractivity contribution is 5.51. The maximum absolute atomic E-state index is 10.2. The van der Waals surface area contributed by atoms with Gasteiger partial charge < -0.3 is 15.6 Å². The van der Waals surface area contributed by atoms with E-state index in [1.165, 1.54) is 5.56 Å². The van der Waals surface area contributed by atoms with Gasteiger partial charge in [0.05, 0.1) is 5.69 Å². The molecule has 2 aromatic carbocycles. The minimum atomic E-state index is -0.514. The maximum atomic E-state index is 10.2. The van der Waals surface area contributed by atoms with Gasteiger partial charge in [-0.25, -0.2) is 0 Å². The van der Waals surface area contributed by atoms with E-state index in [1.54, 1.807) is 6.07 Å². The average molecular weight is 341 g/mol. The second-order valence-corrected chi connectivity index (χ2v) is 6.57. The van der Waals surface area contributed by atoms with E-state index in [9.17, 15) is 5.11 Å². The summed E-state index contributed by atoms with van der Waals surface area (Å²) in [6, 6.07) is 17.9. The van der Waals surface area contributed by atoms with Crippen LogP contribution in [0, 0.1) is 0 Å². The summed E-state index contributed by atoms with van der Waals surface area (Å²) in [5.41, 5.74) is 7.80. The molecule has 5 nitrogen and oxygen atoms in total. The van der Waals surface area contributed by atoms with Crippen LogP contribution in [0.1, 0.15) is 5.56 Å². The summed E-state index contributed by atoms with van der Waals surface area (Å²) in [6.07, 6.45) is -0.514. The van der Waals surface area contributed by atoms with Crippen LogP contribution in [0.4, 0.5) is 5.69 Å². The first-order valence-electron chi connectivity index (χ1n) is 8.85. The van der Waals surface area contributed by atoms with Crippen LogP contribution in [-0.2, 0) is 6.54 Å². The number of para-hydroxylation sites is 2. The van der Waals surface area contributed by atoms with Gasteiger partial charge in [-0.3, -0.25) is 9.80 Å². The number of nitrogens with zero attached hydrogens (tertiary/aromatic N) is 2. The Morgan fingerprint density at radius 3 is 2.28 bits per heavy atom. The van der Waals surface area contributed by atoms with Crippen molar-refractivity contribution in [3.8, 4) is 5.75 Å². The summed E-state index contributed by atoms with van der Waals surface area (Å²) in [5.74, 6) is 0.634. The smallest absolute Gasteiger partial charge is 0.142 e. The number of nitrogens with two attached hydrogens (primary N) is 1. The molecule has 5 heteroatoms. The van der Waals surface area contributed by atoms with E-state index in [2.05, 4.69) is 34.1 Å². The predicted octanol–water partition coefficient (Wildman–Crippen LogP) is 1.83. The van der Waals surface area contributed by atoms with Gasteiger partial charge in [-0.15, -0.1) is 0 Å². The topological polar surface area (TPSA) is 62.0 Å². The fourth-order valence-corrected chi connectivity index (χ4v) is 3.12. The molecule has 0 saturated carbocycles. The number of piperazine rings is 1. The minimum Gasteiger partial charge on any atom is -0.489 e. The Bertz CT molecular complexity index is 642. The van der Waals surface area contributed by atoms with Crippen molar-refractivity contribution in [2.75, 3.05) is 45.1 Å². The molecule has 1 heterocycles. The molecule has 1 aliphatic heterocycles. The highest BCUT2D eigenvalue weighted by Gasteiger charge is 2.19. The van der Waals surface area contributed by atoms with Gasteiger partial charge in [0.2, 0.25) is 0 Å². The van der Waals surface area contributed by atoms with Gasteiger partial charge in [-0.2, -0.15) is 0 Å². The first-order valence-corrected chi connectivity index (χ1v) is 8.85. The number of ether oxygens (including phenoxy) is 1. The van der Waals surface area contributed by atoms with Crippen LogP contribution < -0.4 is 10.5 Å². The Kier molecular flexibility index (Phi) is 6.28. The molecule has 0 unspecified atom stereocenters. The average Bonchev–Trinajstić information content (AvgIpc) is 2.64. The second kappa shape index (κ2) is 8.85. The number of anilines is 1. The minimum absolute atomic E-state index is 0.262. The van der Waals surface area contributed by atoms with Gasteiger partial charge in [0, 0.05) is 39.3 Å². The van der Waals surface area contributed by atoms with Gasteiger partial charge in [0.25, 0.3) is 0 Å². The fraction of sp³-hybridized carbons (Fsp3) is 0.400. The van der Waals surface area contributed by atoms with Crippen molar-refractivity contribution < 1.29 is 9.84 Å². The Labute approximate surface area is 149 Å². The van der Waals surface area contributed by atoms with Gasteiger partial charge in [-0.1, -0.05) is 42.5 Å². The Morgan fingerprint density at radius 1 is 0.920 bits per heavy atom. The normalized spacial score (nSPS) is 17.3. The van der Waals surface area contributed by atoms with Crippen molar-refractivity contribution in [2.45, 2.75) is 12.6 Å². The highest BCUT2D eigenvalue weighted by atomic mass is 16.5. The molecule has 1 aliphatic rings. The maximum Gasteiger partial charge on any atom is 0.142 e. The van der Waals surface area contributed by atoms with Gasteiger partial charge in [0.1, 0.15) is 18.5 Å². The summed E-state index contributed by atoms with van der Waals surface area (Å²) in [7, 11) is 0. The lowest BCUT2D eigenvalue weighted by atomic mass is 10.2. The lowest BCUT2D eigenvalue weighted by Crippen LogP contribution is -2.48. The number of hydrogen-bond acceptors (Lipinski definition) is 5. The monoisotopic (exact) mass is 341 g/mol. The van der Waals surface area contributed by atoms with Gasteiger partial charge in [0.15, 0.2) is 0 Å². The number of benzene rings is 2. The molecule has 2 aromatic rings. The van der Waals surface area contributed by atoms with Crippen molar-refractivity contribution in [3.05, 3.63) is 60.2 Å². The SMILES string of the molecule is Nc1ccccc1OC[C@H](O)CN1CCN(Cc2ccccc2)CC1. The predicted molar refractivity (Wildman–Crippen MR) is 101 cm³/mol. The van der Waals surface area contributed by atoms with Crippen molar-refractivity contribution in [3.63, 3.8) is 0 Å². The van der Waals surface area contributed by atoms with E-state index >= 15 is 0 Å². The van der Waals surface area contributed by atoms with Crippen LogP contribution in [-0.4, -0.2) is 60.3 Å². The molecule has 0 aromatic heterocycles. The number of nitrogen functional groups attached to an aromatic ring is 1. The van der Waals surface area contributed by atoms with Crippen molar-refractivity contribution in [2.24, 2.45) is 0 Å². The van der Waals surface area contributed by atoms with E-state index in [1.807, 2.05) is 24.3 Å². The van der Waals surface area contributed by atoms with Crippen LogP contribution in [0.25, 0.3) is 0 Å². The molecular weight excluding hydrogens is 314 g/mol. The molecular formula is C20H27N3O2. The summed E-state index contributed by atoms with van der Waals surface area (Å²) in [4.78, 5) is 4.75. The lowest BCUT2D eigenvalue weighted by molar-refractivity contribution is 0.0448. The standard InChI is InChI=1S/C20H27N3O2/c21-19-8-4-5-9-20(19)25-16-18(24)15-23-12-10-22(11-13-23)14-17-6-2-1-3-7-17/h1-9,18,24H,10-16,21H2/t18-/m1/s1. The highest BCUT2D eigenvalue weighted by Crippen LogP contribution is 2.19. The molecule has 25 heavy (non-hydrogen) atoms. The summed E-state index contributed by atoms with van der Waals surface area (Å²) < 4.78 is 5.63. The molecule has 1 saturated heterocycles. The first kappa shape index (κ1) is 17.7. The second-order valence-electron chi connectivity index (χ2n) is 6.57. The van der Waals surface area contributed by atoms with Crippen LogP contribution in [0.2, 0.25) is 0 Å². The third-order valence-corrected chi connectivity index (χ3v) is 4.53. The van der Waals surface area contributed by atoms with E-state index < -0.39 is 6.10 Å². The zero-order chi connectivity index (χ0) is 17.5. The van der Waals surface area contributed by atoms with Crippen molar-refractivity contribution in [1.82, 2.24) is 9.80 Å². The fourth-order valence-electron chi connectivity index (χ4n) is 3.12. The number of aliphatic hydroxyl groups is 1. The zero-order valence-electron chi connectivity index (χ0n) is 14.6. The van der Waals surface area contributed by atoms with Crippen molar-refractivity contribution in [1.29, 1.82) is 0 Å². The van der Waals surface area contributed by atoms with Crippen molar-refractivity contribution >= 4 is 5.69 Å². The van der Waals surface area contributed by atoms with Crippen LogP contribution in [0.3, 0.4) is 0 Å². The molecule has 134 valence electrons. The summed E-state index contributed by atoms with van der Waals surface area (Å²) in [6.45, 7) is 5.87. The number of rotatable bonds is 7. The summed E-state index contributed by atoms with van der Waals surface area (Å²) in [5, 5.41) is 10.2. The molecule has 3 rings (SSSR count). The molecule has 0 bridgehead atoms. The Morgan fingerprint density at radius 2 is 1.56 bits per heavy atom. The Hall–Kier alpha value is -2.08. The molecule has 0 radical (unpaired) electrons. The van der Waals surface area contributed by atoms with Gasteiger partial charge >= 0.3 is 0 Å². The van der Waals surface area contributed by atoms with E-state index in [0.29, 0.717) is 18.0 Å². The van der Waals surface area contributed by atoms with E-state index in [0.717, 1.165) is 32.7 Å². The lowest BCUT2D eigenvalue weighted by Gasteiger charge is -2.35. The molecule has 3 N–H and O–H groups in total. The molecule has 1 atom stereocenters. The number of β-amino-alcohol motifs (C(OH)–C–C–N with tert-alkyl or cyclic N) is 1. The summed E-state index contributed by atoms with van der Waals surface area (Å²) >= 11 is 0. The Balaban J connectivity index is 1.37. The number of aliphatic hydroxyl groups excluding tert-OH is 1. The zero-order valence-corrected chi connectivity index (χ0v) is 14.6. The quantitative estimate of drug-likeness (QED) is 0.753. The van der Waals surface area contributed by atoms with Crippen LogP contribution in [0.15, 0.2) is 54.6 Å². The molecule has 0 aliphatic carbocycles. The number of hydrogen-bond donors (Lipinski definition) is 2. The van der Waals surface area contributed by atoms with E-state index in [-0.39, 0.29) is 6.61 Å². The third kappa shape index (κ3) is 5.46. The molecule has 1 fully saturated rings. The largest absolute Gasteiger partial charge is 0.489 e. The third-order valence-electron chi connectivity index (χ3n) is 4.53. The van der Waals surface area contributed by atoms with Crippen LogP contribution in [0.5, 0.6) is 5.75 Å². The van der Waals surface area contributed by atoms with Gasteiger partial charge in [-0.05, 0) is 17.7 Å². The van der Waals surface area contributed by atoms with E-state index in [4.69, 9.17) is 10.5 Å². The first-order chi connectivity index (χ1) is 12.2. The molecule has 0 spiro atoms. The molecule has 0 amide bonds.